The van der Waals surface area contributed by atoms with E-state index < -0.39 is 6.10 Å². The molecule has 1 aliphatic rings. The van der Waals surface area contributed by atoms with Crippen molar-refractivity contribution in [1.82, 2.24) is 14.9 Å². The zero-order chi connectivity index (χ0) is 16.9. The first-order chi connectivity index (χ1) is 11.6. The number of aromatic nitrogens is 2. The molecule has 5 nitrogen and oxygen atoms in total. The summed E-state index contributed by atoms with van der Waals surface area (Å²) in [6.07, 6.45) is 4.01. The lowest BCUT2D eigenvalue weighted by molar-refractivity contribution is -0.0494. The van der Waals surface area contributed by atoms with Gasteiger partial charge in [0.05, 0.1) is 5.69 Å². The molecule has 3 rings (SSSR count). The molecule has 1 aliphatic carbocycles. The van der Waals surface area contributed by atoms with Gasteiger partial charge in [-0.25, -0.2) is 9.97 Å². The highest BCUT2D eigenvalue weighted by Gasteiger charge is 2.35. The maximum Gasteiger partial charge on any atom is 0.126 e. The lowest BCUT2D eigenvalue weighted by Crippen LogP contribution is -2.51. The van der Waals surface area contributed by atoms with E-state index in [9.17, 15) is 5.11 Å². The van der Waals surface area contributed by atoms with Crippen LogP contribution in [0.3, 0.4) is 0 Å². The van der Waals surface area contributed by atoms with Crippen LogP contribution in [0, 0.1) is 6.92 Å². The Morgan fingerprint density at radius 1 is 1.21 bits per heavy atom. The van der Waals surface area contributed by atoms with Crippen molar-refractivity contribution in [2.45, 2.75) is 51.0 Å². The van der Waals surface area contributed by atoms with E-state index >= 15 is 0 Å². The third-order valence-corrected chi connectivity index (χ3v) is 4.61. The molecule has 0 aliphatic heterocycles. The van der Waals surface area contributed by atoms with Crippen molar-refractivity contribution in [3.05, 3.63) is 54.1 Å². The van der Waals surface area contributed by atoms with E-state index in [4.69, 9.17) is 4.74 Å². The number of aliphatic hydroxyl groups is 1. The van der Waals surface area contributed by atoms with Crippen LogP contribution in [0.15, 0.2) is 42.6 Å². The molecule has 128 valence electrons. The van der Waals surface area contributed by atoms with Crippen LogP contribution in [0.4, 0.5) is 0 Å². The van der Waals surface area contributed by atoms with Crippen molar-refractivity contribution in [1.29, 1.82) is 0 Å². The molecular weight excluding hydrogens is 302 g/mol. The second-order valence-corrected chi connectivity index (χ2v) is 6.47. The minimum absolute atomic E-state index is 0.0720. The predicted octanol–water partition coefficient (Wildman–Crippen LogP) is 2.58. The highest BCUT2D eigenvalue weighted by Crippen LogP contribution is 2.27. The molecule has 2 aromatic rings. The summed E-state index contributed by atoms with van der Waals surface area (Å²) in [6.45, 7) is 2.59. The molecular formula is C19H25N3O2. The average Bonchev–Trinajstić information content (AvgIpc) is 2.57. The van der Waals surface area contributed by atoms with Gasteiger partial charge >= 0.3 is 0 Å². The standard InChI is InChI=1S/C19H25N3O2/c1-14-20-12-11-15(21-14)13-22(2)17-9-6-10-18(19(17)23)24-16-7-4-3-5-8-16/h3-5,7-8,11-12,17-19,23H,6,9-10,13H2,1-2H3/t17-,18+,19+/m1/s1. The molecule has 0 amide bonds. The first-order valence-corrected chi connectivity index (χ1v) is 8.52. The third-order valence-electron chi connectivity index (χ3n) is 4.61. The summed E-state index contributed by atoms with van der Waals surface area (Å²) in [4.78, 5) is 10.8. The van der Waals surface area contributed by atoms with Crippen molar-refractivity contribution in [3.63, 3.8) is 0 Å². The quantitative estimate of drug-likeness (QED) is 0.915. The van der Waals surface area contributed by atoms with Gasteiger partial charge in [-0.15, -0.1) is 0 Å². The summed E-state index contributed by atoms with van der Waals surface area (Å²) in [5, 5.41) is 10.8. The zero-order valence-electron chi connectivity index (χ0n) is 14.3. The van der Waals surface area contributed by atoms with Crippen molar-refractivity contribution < 1.29 is 9.84 Å². The van der Waals surface area contributed by atoms with Crippen molar-refractivity contribution in [2.24, 2.45) is 0 Å². The van der Waals surface area contributed by atoms with E-state index in [1.807, 2.05) is 50.4 Å². The Morgan fingerprint density at radius 2 is 2.00 bits per heavy atom. The Hall–Kier alpha value is -1.98. The first-order valence-electron chi connectivity index (χ1n) is 8.52. The summed E-state index contributed by atoms with van der Waals surface area (Å²) in [5.74, 6) is 1.59. The highest BCUT2D eigenvalue weighted by molar-refractivity contribution is 5.21. The fraction of sp³-hybridized carbons (Fsp3) is 0.474. The summed E-state index contributed by atoms with van der Waals surface area (Å²) in [5.41, 5.74) is 0.975. The highest BCUT2D eigenvalue weighted by atomic mass is 16.5. The number of hydrogen-bond donors (Lipinski definition) is 1. The van der Waals surface area contributed by atoms with E-state index in [2.05, 4.69) is 14.9 Å². The van der Waals surface area contributed by atoms with Crippen LogP contribution in [-0.4, -0.2) is 45.3 Å². The van der Waals surface area contributed by atoms with Crippen LogP contribution >= 0.6 is 0 Å². The van der Waals surface area contributed by atoms with Gasteiger partial charge in [-0.1, -0.05) is 18.2 Å². The molecule has 0 unspecified atom stereocenters. The Bertz CT molecular complexity index is 650. The minimum Gasteiger partial charge on any atom is -0.488 e. The average molecular weight is 327 g/mol. The number of likely N-dealkylation sites (N-methyl/N-ethyl adjacent to an activating group) is 1. The topological polar surface area (TPSA) is 58.5 Å². The number of aliphatic hydroxyl groups excluding tert-OH is 1. The van der Waals surface area contributed by atoms with Gasteiger partial charge in [-0.05, 0) is 51.4 Å². The predicted molar refractivity (Wildman–Crippen MR) is 92.7 cm³/mol. The van der Waals surface area contributed by atoms with Crippen molar-refractivity contribution in [2.75, 3.05) is 7.05 Å². The molecule has 1 N–H and O–H groups in total. The molecule has 0 bridgehead atoms. The van der Waals surface area contributed by atoms with Crippen LogP contribution in [0.25, 0.3) is 0 Å². The Labute approximate surface area is 143 Å². The zero-order valence-corrected chi connectivity index (χ0v) is 14.3. The van der Waals surface area contributed by atoms with Gasteiger partial charge in [0.2, 0.25) is 0 Å². The van der Waals surface area contributed by atoms with Crippen LogP contribution in [0.2, 0.25) is 0 Å². The fourth-order valence-corrected chi connectivity index (χ4v) is 3.37. The van der Waals surface area contributed by atoms with E-state index in [-0.39, 0.29) is 12.1 Å². The maximum absolute atomic E-state index is 10.8. The Morgan fingerprint density at radius 3 is 2.75 bits per heavy atom. The maximum atomic E-state index is 10.8. The molecule has 1 fully saturated rings. The molecule has 1 saturated carbocycles. The van der Waals surface area contributed by atoms with Crippen molar-refractivity contribution in [3.8, 4) is 5.75 Å². The first kappa shape index (κ1) is 16.9. The van der Waals surface area contributed by atoms with Gasteiger partial charge in [0.1, 0.15) is 23.8 Å². The van der Waals surface area contributed by atoms with Gasteiger partial charge in [-0.3, -0.25) is 4.90 Å². The summed E-state index contributed by atoms with van der Waals surface area (Å²) in [6, 6.07) is 11.7. The lowest BCUT2D eigenvalue weighted by atomic mass is 9.89. The largest absolute Gasteiger partial charge is 0.488 e. The smallest absolute Gasteiger partial charge is 0.126 e. The van der Waals surface area contributed by atoms with E-state index in [1.165, 1.54) is 0 Å². The molecule has 0 spiro atoms. The minimum atomic E-state index is -0.508. The SMILES string of the molecule is Cc1nccc(CN(C)[C@@H]2CCC[C@H](Oc3ccccc3)[C@H]2O)n1. The van der Waals surface area contributed by atoms with Gasteiger partial charge in [0.25, 0.3) is 0 Å². The molecule has 1 aromatic heterocycles. The third kappa shape index (κ3) is 4.10. The molecule has 0 saturated heterocycles. The molecule has 5 heteroatoms. The number of nitrogens with zero attached hydrogens (tertiary/aromatic N) is 3. The van der Waals surface area contributed by atoms with Crippen LogP contribution < -0.4 is 4.74 Å². The number of aryl methyl sites for hydroxylation is 1. The Balaban J connectivity index is 1.64. The summed E-state index contributed by atoms with van der Waals surface area (Å²) >= 11 is 0. The summed E-state index contributed by atoms with van der Waals surface area (Å²) < 4.78 is 6.02. The number of rotatable bonds is 5. The molecule has 1 aromatic carbocycles. The normalized spacial score (nSPS) is 24.1. The lowest BCUT2D eigenvalue weighted by Gasteiger charge is -2.39. The van der Waals surface area contributed by atoms with Crippen LogP contribution in [-0.2, 0) is 6.54 Å². The number of benzene rings is 1. The second-order valence-electron chi connectivity index (χ2n) is 6.47. The van der Waals surface area contributed by atoms with E-state index in [1.54, 1.807) is 6.20 Å². The van der Waals surface area contributed by atoms with Crippen LogP contribution in [0.5, 0.6) is 5.75 Å². The van der Waals surface area contributed by atoms with Gasteiger partial charge in [0, 0.05) is 18.8 Å². The fourth-order valence-electron chi connectivity index (χ4n) is 3.37. The number of para-hydroxylation sites is 1. The van der Waals surface area contributed by atoms with Gasteiger partial charge in [-0.2, -0.15) is 0 Å². The molecule has 3 atom stereocenters. The number of ether oxygens (including phenoxy) is 1. The Kier molecular flexibility index (Phi) is 5.43. The summed E-state index contributed by atoms with van der Waals surface area (Å²) in [7, 11) is 2.04. The van der Waals surface area contributed by atoms with E-state index in [0.29, 0.717) is 6.54 Å². The monoisotopic (exact) mass is 327 g/mol. The van der Waals surface area contributed by atoms with E-state index in [0.717, 1.165) is 36.5 Å². The van der Waals surface area contributed by atoms with Crippen molar-refractivity contribution >= 4 is 0 Å². The molecule has 24 heavy (non-hydrogen) atoms. The number of hydrogen-bond acceptors (Lipinski definition) is 5. The second kappa shape index (κ2) is 7.73. The van der Waals surface area contributed by atoms with Gasteiger partial charge in [0.15, 0.2) is 0 Å². The molecule has 0 radical (unpaired) electrons. The molecule has 1 heterocycles. The van der Waals surface area contributed by atoms with Gasteiger partial charge < -0.3 is 9.84 Å². The van der Waals surface area contributed by atoms with Crippen LogP contribution in [0.1, 0.15) is 30.8 Å².